The number of hydrogen-bond acceptors (Lipinski definition) is 21. The first-order valence-electron chi connectivity index (χ1n) is 38.2. The highest BCUT2D eigenvalue weighted by Crippen LogP contribution is 2.45. The highest BCUT2D eigenvalue weighted by molar-refractivity contribution is 7.89. The minimum Gasteiger partial charge on any atom is -0.490 e. The predicted molar refractivity (Wildman–Crippen MR) is 433 cm³/mol. The summed E-state index contributed by atoms with van der Waals surface area (Å²) >= 11 is 2.44. The van der Waals surface area contributed by atoms with Gasteiger partial charge < -0.3 is 56.6 Å². The van der Waals surface area contributed by atoms with Crippen LogP contribution in [0.1, 0.15) is 130 Å². The number of amides is 2. The van der Waals surface area contributed by atoms with Crippen LogP contribution in [-0.2, 0) is 61.1 Å². The number of carbonyl (C=O) groups is 5. The second-order valence-electron chi connectivity index (χ2n) is 30.5. The number of piperidine rings is 1. The molecule has 8 aromatic rings. The molecule has 0 radical (unpaired) electrons. The largest absolute Gasteiger partial charge is 0.490 e. The standard InChI is InChI=1S/C43H54N8O12S2.C36H41ClN6O6S/c1-26-9-12-33(60-17-7-8-35(52)48-65(6,56)57)34(24-26)63-64(55)47-31-25-30(10-11-32(31)49-13-18-58-19-14-49)39-45-40-36(42(53)61-38-28(3)22-27(2)23-29(38)4)37(44-5)41(51(40)46-39)62-43(54)50-15-20-59-21-16-50;1-19-7-10-28(21(3)15-19)49-50(47)41-26-18-25(8-9-27(26)42-13-11-24(12-14-42)35(44)45)33-39-34-29(30(38-6)32(37)43(34)40-33)36(46)48-31-22(4)16-20(2)17-23(31)5/h9-12,24-25,27-29,38,47H,7-8,13-23H2,1-4,6H3,(H,45,46)(H,48,52);7-10,15,18,20,22-24,31,41H,11-14,16-17H2,1-5H3,(H,39,40)(H,44,45). The summed E-state index contributed by atoms with van der Waals surface area (Å²) in [6.07, 6.45) is 4.17. The van der Waals surface area contributed by atoms with Gasteiger partial charge in [0.25, 0.3) is 5.69 Å². The van der Waals surface area contributed by atoms with Crippen LogP contribution in [-0.4, -0.2) is 177 Å². The molecule has 4 aromatic carbocycles. The van der Waals surface area contributed by atoms with Crippen LogP contribution in [0.2, 0.25) is 5.15 Å². The van der Waals surface area contributed by atoms with Gasteiger partial charge in [0, 0.05) is 56.8 Å². The summed E-state index contributed by atoms with van der Waals surface area (Å²) in [5, 5.41) is 15.8. The molecular formula is C79H95ClN14O18S3. The molecule has 115 heavy (non-hydrogen) atoms. The number of anilines is 4. The smallest absolute Gasteiger partial charge is 0.415 e. The number of ether oxygens (including phenoxy) is 6. The van der Waals surface area contributed by atoms with Crippen molar-refractivity contribution in [1.82, 2.24) is 38.8 Å². The monoisotopic (exact) mass is 1660 g/mol. The van der Waals surface area contributed by atoms with Gasteiger partial charge in [-0.3, -0.25) is 34.0 Å². The van der Waals surface area contributed by atoms with Crippen molar-refractivity contribution in [3.05, 3.63) is 129 Å². The lowest BCUT2D eigenvalue weighted by atomic mass is 9.75. The number of aromatic amines is 2. The zero-order valence-corrected chi connectivity index (χ0v) is 68.8. The van der Waals surface area contributed by atoms with Crippen molar-refractivity contribution in [2.45, 2.75) is 126 Å². The van der Waals surface area contributed by atoms with Crippen molar-refractivity contribution in [2.24, 2.45) is 41.4 Å². The molecular weight excluding hydrogens is 1560 g/mol. The van der Waals surface area contributed by atoms with Crippen molar-refractivity contribution >= 4 is 119 Å². The molecule has 13 rings (SSSR count). The van der Waals surface area contributed by atoms with Crippen molar-refractivity contribution in [1.29, 1.82) is 0 Å². The quantitative estimate of drug-likeness (QED) is 0.0186. The zero-order valence-electron chi connectivity index (χ0n) is 65.6. The third-order valence-electron chi connectivity index (χ3n) is 21.3. The molecule has 2 aliphatic carbocycles. The third-order valence-corrected chi connectivity index (χ3v) is 23.6. The maximum absolute atomic E-state index is 14.2. The number of carbonyl (C=O) groups excluding carboxylic acids is 4. The van der Waals surface area contributed by atoms with E-state index in [1.165, 1.54) is 13.9 Å². The Kier molecular flexibility index (Phi) is 26.7. The van der Waals surface area contributed by atoms with Crippen LogP contribution in [0, 0.1) is 75.3 Å². The fraction of sp³-hybridized carbons (Fsp3) is 0.481. The van der Waals surface area contributed by atoms with Crippen molar-refractivity contribution in [3.8, 4) is 45.9 Å². The van der Waals surface area contributed by atoms with Gasteiger partial charge in [0.15, 0.2) is 34.4 Å². The number of rotatable bonds is 24. The second-order valence-corrected chi connectivity index (χ2v) is 34.3. The molecule has 6 atom stereocenters. The van der Waals surface area contributed by atoms with E-state index < -0.39 is 74.5 Å². The van der Waals surface area contributed by atoms with Gasteiger partial charge in [-0.2, -0.15) is 8.42 Å². The highest BCUT2D eigenvalue weighted by Gasteiger charge is 2.40. The Hall–Kier alpha value is -10.4. The summed E-state index contributed by atoms with van der Waals surface area (Å²) in [7, 11) is -3.69. The molecule has 7 heterocycles. The van der Waals surface area contributed by atoms with Gasteiger partial charge in [-0.25, -0.2) is 51.5 Å². The van der Waals surface area contributed by atoms with Gasteiger partial charge in [-0.05, 0) is 167 Å². The number of nitrogens with one attached hydrogen (secondary N) is 5. The SMILES string of the molecule is [C-]#[N+]c1c(C(=O)OC2C(C)CC(C)CC2C)c2nc(-c3ccc(N4CCC(C(=O)O)CC4)c(NS(=O)Oc4ccc(C)cc4C)c3)[nH]n2c1Cl.[C-]#[N+]c1c(C(=O)OC2C(C)CC(C)CC2C)c2nc(-c3ccc(N4CCOCC4)c(NS(=O)Oc4cc(C)ccc4OCCCC(=O)NS(C)(=O)=O)c3)[nH]n2c1OC(=O)N1CCOCC1. The van der Waals surface area contributed by atoms with Gasteiger partial charge in [-0.15, -0.1) is 0 Å². The number of aryl methyl sites for hydroxylation is 3. The molecule has 2 saturated carbocycles. The average Bonchev–Trinajstić information content (AvgIpc) is 1.58. The normalized spacial score (nSPS) is 21.2. The first-order chi connectivity index (χ1) is 54.9. The topological polar surface area (TPSA) is 368 Å². The number of nitrogens with zero attached hydrogens (tertiary/aromatic N) is 9. The van der Waals surface area contributed by atoms with Gasteiger partial charge in [0.05, 0.1) is 81.1 Å². The number of hydrogen-bond donors (Lipinski definition) is 6. The fourth-order valence-electron chi connectivity index (χ4n) is 16.0. The number of halogens is 1. The number of benzene rings is 4. The van der Waals surface area contributed by atoms with Crippen LogP contribution >= 0.6 is 11.6 Å². The molecule has 3 saturated heterocycles. The Morgan fingerprint density at radius 3 is 1.63 bits per heavy atom. The molecule has 32 nitrogen and oxygen atoms in total. The van der Waals surface area contributed by atoms with Gasteiger partial charge in [0.1, 0.15) is 34.2 Å². The number of H-pyrrole nitrogens is 2. The number of aliphatic carboxylic acids is 1. The Labute approximate surface area is 676 Å². The maximum atomic E-state index is 14.2. The lowest BCUT2D eigenvalue weighted by molar-refractivity contribution is -0.142. The Morgan fingerprint density at radius 2 is 1.11 bits per heavy atom. The average molecular weight is 1660 g/mol. The molecule has 4 aromatic heterocycles. The lowest BCUT2D eigenvalue weighted by Crippen LogP contribution is -2.42. The first kappa shape index (κ1) is 84.0. The molecule has 0 spiro atoms. The van der Waals surface area contributed by atoms with Crippen LogP contribution in [0.15, 0.2) is 72.8 Å². The zero-order chi connectivity index (χ0) is 82.3. The van der Waals surface area contributed by atoms with Gasteiger partial charge in [0.2, 0.25) is 27.5 Å². The first-order valence-corrected chi connectivity index (χ1v) is 42.6. The van der Waals surface area contributed by atoms with Crippen LogP contribution < -0.4 is 41.8 Å². The molecule has 5 fully saturated rings. The van der Waals surface area contributed by atoms with E-state index in [9.17, 15) is 45.9 Å². The van der Waals surface area contributed by atoms with E-state index in [4.69, 9.17) is 71.5 Å². The molecule has 2 amide bonds. The fourth-order valence-corrected chi connectivity index (χ4v) is 18.2. The molecule has 614 valence electrons. The number of morpholine rings is 2. The van der Waals surface area contributed by atoms with Crippen molar-refractivity contribution in [3.63, 3.8) is 0 Å². The number of aromatic nitrogens is 6. The van der Waals surface area contributed by atoms with Crippen LogP contribution in [0.25, 0.3) is 43.8 Å². The second kappa shape index (κ2) is 36.6. The van der Waals surface area contributed by atoms with E-state index in [1.54, 1.807) is 42.5 Å². The van der Waals surface area contributed by atoms with Gasteiger partial charge >= 0.3 is 46.5 Å². The van der Waals surface area contributed by atoms with E-state index >= 15 is 0 Å². The number of esters is 2. The number of sulfonamides is 1. The van der Waals surface area contributed by atoms with E-state index in [0.717, 1.165) is 54.3 Å². The summed E-state index contributed by atoms with van der Waals surface area (Å²) in [5.41, 5.74) is 5.80. The van der Waals surface area contributed by atoms with E-state index in [1.807, 2.05) is 74.6 Å². The Morgan fingerprint density at radius 1 is 0.635 bits per heavy atom. The van der Waals surface area contributed by atoms with E-state index in [-0.39, 0.29) is 124 Å². The summed E-state index contributed by atoms with van der Waals surface area (Å²) in [6.45, 7) is 38.5. The maximum Gasteiger partial charge on any atom is 0.415 e. The van der Waals surface area contributed by atoms with E-state index in [0.29, 0.717) is 117 Å². The van der Waals surface area contributed by atoms with E-state index in [2.05, 4.69) is 61.9 Å². The third kappa shape index (κ3) is 19.9. The summed E-state index contributed by atoms with van der Waals surface area (Å²) < 4.78 is 107. The minimum atomic E-state index is -3.69. The summed E-state index contributed by atoms with van der Waals surface area (Å²) in [4.78, 5) is 87.3. The van der Waals surface area contributed by atoms with Crippen LogP contribution in [0.4, 0.5) is 38.9 Å². The summed E-state index contributed by atoms with van der Waals surface area (Å²) in [6, 6.07) is 21.4. The summed E-state index contributed by atoms with van der Waals surface area (Å²) in [5.74, 6) is -0.563. The van der Waals surface area contributed by atoms with Crippen molar-refractivity contribution in [2.75, 3.05) is 97.8 Å². The minimum absolute atomic E-state index is 0.00441. The van der Waals surface area contributed by atoms with Crippen LogP contribution in [0.5, 0.6) is 23.1 Å². The number of fused-ring (bicyclic) bond motifs is 2. The molecule has 5 aliphatic rings. The van der Waals surface area contributed by atoms with Crippen molar-refractivity contribution < 1.29 is 82.7 Å². The lowest BCUT2D eigenvalue weighted by Gasteiger charge is -2.37. The molecule has 3 aliphatic heterocycles. The van der Waals surface area contributed by atoms with Crippen LogP contribution in [0.3, 0.4) is 0 Å². The molecule has 6 unspecified atom stereocenters. The predicted octanol–water partition coefficient (Wildman–Crippen LogP) is 13.1. The Bertz CT molecular complexity index is 5200. The highest BCUT2D eigenvalue weighted by atomic mass is 35.5. The molecule has 0 bridgehead atoms. The number of carboxylic acid groups (broad SMARTS) is 1. The molecule has 36 heteroatoms. The van der Waals surface area contributed by atoms with Gasteiger partial charge in [-0.1, -0.05) is 76.9 Å². The molecule has 6 N–H and O–H groups in total. The Balaban J connectivity index is 0.000000220. The number of carboxylic acids is 1.